The van der Waals surface area contributed by atoms with Crippen LogP contribution in [-0.4, -0.2) is 56.8 Å². The van der Waals surface area contributed by atoms with E-state index >= 15 is 0 Å². The van der Waals surface area contributed by atoms with Crippen molar-refractivity contribution >= 4 is 35.1 Å². The van der Waals surface area contributed by atoms with Crippen LogP contribution in [0.1, 0.15) is 12.8 Å². The van der Waals surface area contributed by atoms with Gasteiger partial charge in [0.15, 0.2) is 0 Å². The molecule has 0 radical (unpaired) electrons. The van der Waals surface area contributed by atoms with Crippen molar-refractivity contribution < 1.29 is 19.4 Å². The maximum absolute atomic E-state index is 12.3. The van der Waals surface area contributed by atoms with Crippen LogP contribution in [-0.2, 0) is 0 Å². The lowest BCUT2D eigenvalue weighted by atomic mass is 9.98. The molecule has 1 aliphatic rings. The maximum Gasteiger partial charge on any atom is 0.407 e. The molecule has 4 rings (SSSR count). The van der Waals surface area contributed by atoms with Gasteiger partial charge in [-0.1, -0.05) is 6.07 Å². The number of urea groups is 1. The topological polar surface area (TPSA) is 130 Å². The van der Waals surface area contributed by atoms with E-state index in [-0.39, 0.29) is 5.92 Å². The van der Waals surface area contributed by atoms with Gasteiger partial charge in [-0.3, -0.25) is 15.6 Å². The predicted octanol–water partition coefficient (Wildman–Crippen LogP) is 4.01. The van der Waals surface area contributed by atoms with E-state index in [9.17, 15) is 9.59 Å². The molecular formula is C21H22N6O4S. The fourth-order valence-corrected chi connectivity index (χ4v) is 4.04. The van der Waals surface area contributed by atoms with E-state index in [2.05, 4.69) is 25.6 Å². The number of hydrogen-bond acceptors (Lipinski definition) is 7. The first kappa shape index (κ1) is 21.5. The first-order valence-electron chi connectivity index (χ1n) is 10.1. The number of ether oxygens (including phenoxy) is 1. The van der Waals surface area contributed by atoms with E-state index in [0.29, 0.717) is 37.2 Å². The van der Waals surface area contributed by atoms with Crippen molar-refractivity contribution in [2.75, 3.05) is 30.3 Å². The van der Waals surface area contributed by atoms with Gasteiger partial charge in [-0.25, -0.2) is 14.6 Å². The summed E-state index contributed by atoms with van der Waals surface area (Å²) >= 11 is 1.42. The van der Waals surface area contributed by atoms with Crippen molar-refractivity contribution in [2.24, 2.45) is 5.92 Å². The van der Waals surface area contributed by atoms with E-state index in [0.717, 1.165) is 23.4 Å². The Bertz CT molecular complexity index is 1070. The quantitative estimate of drug-likeness (QED) is 0.513. The molecule has 3 aromatic rings. The fourth-order valence-electron chi connectivity index (χ4n) is 3.28. The Morgan fingerprint density at radius 1 is 1.09 bits per heavy atom. The maximum atomic E-state index is 12.3. The van der Waals surface area contributed by atoms with Gasteiger partial charge in [-0.15, -0.1) is 11.3 Å². The van der Waals surface area contributed by atoms with Gasteiger partial charge in [0, 0.05) is 42.5 Å². The van der Waals surface area contributed by atoms with Crippen LogP contribution >= 0.6 is 11.3 Å². The summed E-state index contributed by atoms with van der Waals surface area (Å²) in [4.78, 5) is 37.4. The average Bonchev–Trinajstić information content (AvgIpc) is 3.27. The number of rotatable bonds is 6. The summed E-state index contributed by atoms with van der Waals surface area (Å²) < 4.78 is 5.77. The van der Waals surface area contributed by atoms with Crippen molar-refractivity contribution in [3.63, 3.8) is 0 Å². The number of carbonyl (C=O) groups is 2. The van der Waals surface area contributed by atoms with Crippen molar-refractivity contribution in [3.8, 4) is 16.5 Å². The monoisotopic (exact) mass is 454 g/mol. The third-order valence-electron chi connectivity index (χ3n) is 4.99. The van der Waals surface area contributed by atoms with Crippen LogP contribution in [0, 0.1) is 5.92 Å². The Balaban J connectivity index is 1.27. The molecule has 1 fully saturated rings. The fraction of sp³-hybridized carbons (Fsp3) is 0.286. The molecule has 11 heteroatoms. The van der Waals surface area contributed by atoms with Crippen molar-refractivity contribution in [3.05, 3.63) is 48.1 Å². The molecule has 0 atom stereocenters. The van der Waals surface area contributed by atoms with Crippen LogP contribution in [0.5, 0.6) is 5.88 Å². The van der Waals surface area contributed by atoms with Gasteiger partial charge in [0.05, 0.1) is 6.61 Å². The third kappa shape index (κ3) is 5.70. The number of piperidine rings is 1. The molecule has 0 aliphatic carbocycles. The SMILES string of the molecule is O=C(Nc1cccc(OCC2CCN(C(=O)O)CC2)n1)Nc1csc(-c2ccncc2)n1. The smallest absolute Gasteiger partial charge is 0.407 e. The third-order valence-corrected chi connectivity index (χ3v) is 5.88. The van der Waals surface area contributed by atoms with Crippen LogP contribution in [0.15, 0.2) is 48.1 Å². The van der Waals surface area contributed by atoms with E-state index in [1.54, 1.807) is 36.0 Å². The molecule has 3 amide bonds. The summed E-state index contributed by atoms with van der Waals surface area (Å²) in [6.45, 7) is 1.48. The van der Waals surface area contributed by atoms with Crippen LogP contribution < -0.4 is 15.4 Å². The second kappa shape index (κ2) is 10.1. The number of likely N-dealkylation sites (tertiary alicyclic amines) is 1. The van der Waals surface area contributed by atoms with E-state index in [1.807, 2.05) is 12.1 Å². The van der Waals surface area contributed by atoms with Crippen molar-refractivity contribution in [1.29, 1.82) is 0 Å². The highest BCUT2D eigenvalue weighted by atomic mass is 32.1. The highest BCUT2D eigenvalue weighted by Gasteiger charge is 2.22. The minimum absolute atomic E-state index is 0.270. The number of nitrogens with one attached hydrogen (secondary N) is 2. The number of carbonyl (C=O) groups excluding carboxylic acids is 1. The minimum atomic E-state index is -0.880. The summed E-state index contributed by atoms with van der Waals surface area (Å²) in [6, 6.07) is 8.39. The lowest BCUT2D eigenvalue weighted by Crippen LogP contribution is -2.38. The highest BCUT2D eigenvalue weighted by Crippen LogP contribution is 2.25. The Hall–Kier alpha value is -3.73. The number of carboxylic acid groups (broad SMARTS) is 1. The molecule has 0 saturated carbocycles. The highest BCUT2D eigenvalue weighted by molar-refractivity contribution is 7.13. The average molecular weight is 455 g/mol. The summed E-state index contributed by atoms with van der Waals surface area (Å²) in [7, 11) is 0. The van der Waals surface area contributed by atoms with Gasteiger partial charge in [-0.05, 0) is 37.0 Å². The summed E-state index contributed by atoms with van der Waals surface area (Å²) in [6.07, 6.45) is 4.00. The molecule has 3 N–H and O–H groups in total. The van der Waals surface area contributed by atoms with Crippen LogP contribution in [0.25, 0.3) is 10.6 Å². The second-order valence-electron chi connectivity index (χ2n) is 7.24. The zero-order valence-electron chi connectivity index (χ0n) is 17.1. The molecule has 10 nitrogen and oxygen atoms in total. The standard InChI is InChI=1S/C21H22N6O4S/c28-20(26-17-13-32-19(24-17)15-4-8-22-9-5-15)25-16-2-1-3-18(23-16)31-12-14-6-10-27(11-7-14)21(29)30/h1-5,8-9,13-14H,6-7,10-12H2,(H,29,30)(H2,23,25,26,28). The molecule has 0 spiro atoms. The molecule has 0 aromatic carbocycles. The van der Waals surface area contributed by atoms with Gasteiger partial charge >= 0.3 is 12.1 Å². The van der Waals surface area contributed by atoms with Crippen molar-refractivity contribution in [2.45, 2.75) is 12.8 Å². The molecule has 4 heterocycles. The number of hydrogen-bond donors (Lipinski definition) is 3. The van der Waals surface area contributed by atoms with E-state index in [4.69, 9.17) is 9.84 Å². The number of aromatic nitrogens is 3. The molecule has 32 heavy (non-hydrogen) atoms. The summed E-state index contributed by atoms with van der Waals surface area (Å²) in [5.74, 6) is 1.47. The van der Waals surface area contributed by atoms with Gasteiger partial charge in [0.2, 0.25) is 5.88 Å². The number of nitrogens with zero attached hydrogens (tertiary/aromatic N) is 4. The van der Waals surface area contributed by atoms with Gasteiger partial charge in [0.1, 0.15) is 16.6 Å². The molecule has 1 aliphatic heterocycles. The van der Waals surface area contributed by atoms with Gasteiger partial charge in [-0.2, -0.15) is 4.98 Å². The number of pyridine rings is 2. The molecule has 0 bridgehead atoms. The van der Waals surface area contributed by atoms with Crippen LogP contribution in [0.4, 0.5) is 21.2 Å². The lowest BCUT2D eigenvalue weighted by molar-refractivity contribution is 0.111. The zero-order valence-corrected chi connectivity index (χ0v) is 17.9. The van der Waals surface area contributed by atoms with E-state index < -0.39 is 12.1 Å². The number of thiazole rings is 1. The molecule has 0 unspecified atom stereocenters. The molecule has 1 saturated heterocycles. The Kier molecular flexibility index (Phi) is 6.75. The zero-order chi connectivity index (χ0) is 22.3. The van der Waals surface area contributed by atoms with Gasteiger partial charge in [0.25, 0.3) is 0 Å². The Morgan fingerprint density at radius 3 is 2.59 bits per heavy atom. The van der Waals surface area contributed by atoms with Crippen LogP contribution in [0.3, 0.4) is 0 Å². The minimum Gasteiger partial charge on any atom is -0.477 e. The lowest BCUT2D eigenvalue weighted by Gasteiger charge is -2.29. The molecule has 3 aromatic heterocycles. The summed E-state index contributed by atoms with van der Waals surface area (Å²) in [5, 5.41) is 16.9. The molecular weight excluding hydrogens is 432 g/mol. The largest absolute Gasteiger partial charge is 0.477 e. The first-order valence-corrected chi connectivity index (χ1v) is 11.0. The van der Waals surface area contributed by atoms with Crippen LogP contribution in [0.2, 0.25) is 0 Å². The Labute approximate surface area is 188 Å². The number of amides is 3. The normalized spacial score (nSPS) is 14.1. The predicted molar refractivity (Wildman–Crippen MR) is 120 cm³/mol. The summed E-state index contributed by atoms with van der Waals surface area (Å²) in [5.41, 5.74) is 0.929. The van der Waals surface area contributed by atoms with E-state index in [1.165, 1.54) is 16.2 Å². The first-order chi connectivity index (χ1) is 15.6. The Morgan fingerprint density at radius 2 is 1.84 bits per heavy atom. The number of anilines is 2. The van der Waals surface area contributed by atoms with Crippen molar-refractivity contribution in [1.82, 2.24) is 19.9 Å². The molecule has 166 valence electrons. The van der Waals surface area contributed by atoms with Gasteiger partial charge < -0.3 is 14.7 Å². The second-order valence-corrected chi connectivity index (χ2v) is 8.10.